The average molecular weight is 439 g/mol. The van der Waals surface area contributed by atoms with Crippen LogP contribution in [0.1, 0.15) is 66.2 Å². The minimum absolute atomic E-state index is 0.144. The van der Waals surface area contributed by atoms with Gasteiger partial charge < -0.3 is 16.2 Å². The minimum Gasteiger partial charge on any atom is -0.481 e. The van der Waals surface area contributed by atoms with Crippen LogP contribution < -0.4 is 11.1 Å². The lowest BCUT2D eigenvalue weighted by Crippen LogP contribution is -2.45. The molecule has 0 aromatic carbocycles. The van der Waals surface area contributed by atoms with Gasteiger partial charge in [0.05, 0.1) is 19.0 Å². The Hall–Kier alpha value is -1.86. The maximum atomic E-state index is 11.9. The SMILES string of the molecule is CC(C)=CCC/C(C)=C/CC/C(C)=C/CSC[C@H](NC(=O)CCC(=O)O)C(=O)CN. The first-order chi connectivity index (χ1) is 14.1. The monoisotopic (exact) mass is 438 g/mol. The van der Waals surface area contributed by atoms with E-state index in [0.29, 0.717) is 5.75 Å². The van der Waals surface area contributed by atoms with E-state index in [-0.39, 0.29) is 25.2 Å². The first-order valence-electron chi connectivity index (χ1n) is 10.4. The highest BCUT2D eigenvalue weighted by Gasteiger charge is 2.19. The van der Waals surface area contributed by atoms with Gasteiger partial charge >= 0.3 is 5.97 Å². The van der Waals surface area contributed by atoms with Crippen molar-refractivity contribution in [3.63, 3.8) is 0 Å². The number of amides is 1. The van der Waals surface area contributed by atoms with E-state index < -0.39 is 17.9 Å². The molecule has 7 heteroatoms. The van der Waals surface area contributed by atoms with Crippen LogP contribution in [-0.2, 0) is 14.4 Å². The fourth-order valence-electron chi connectivity index (χ4n) is 2.57. The summed E-state index contributed by atoms with van der Waals surface area (Å²) >= 11 is 1.55. The number of rotatable bonds is 16. The van der Waals surface area contributed by atoms with E-state index in [0.717, 1.165) is 31.4 Å². The van der Waals surface area contributed by atoms with Crippen molar-refractivity contribution in [1.29, 1.82) is 0 Å². The number of carbonyl (C=O) groups excluding carboxylic acids is 2. The summed E-state index contributed by atoms with van der Waals surface area (Å²) in [7, 11) is 0. The second kappa shape index (κ2) is 16.9. The van der Waals surface area contributed by atoms with Crippen molar-refractivity contribution in [2.45, 2.75) is 72.3 Å². The Morgan fingerprint density at radius 3 is 2.10 bits per heavy atom. The molecule has 30 heavy (non-hydrogen) atoms. The lowest BCUT2D eigenvalue weighted by Gasteiger charge is -2.16. The number of nitrogens with two attached hydrogens (primary N) is 1. The molecular weight excluding hydrogens is 400 g/mol. The van der Waals surface area contributed by atoms with Crippen molar-refractivity contribution in [2.75, 3.05) is 18.1 Å². The topological polar surface area (TPSA) is 109 Å². The lowest BCUT2D eigenvalue weighted by molar-refractivity contribution is -0.139. The van der Waals surface area contributed by atoms with Crippen molar-refractivity contribution in [3.8, 4) is 0 Å². The van der Waals surface area contributed by atoms with Crippen molar-refractivity contribution in [2.24, 2.45) is 5.73 Å². The van der Waals surface area contributed by atoms with Crippen LogP contribution in [0, 0.1) is 0 Å². The standard InChI is InChI=1S/C23H38N2O4S/c1-17(2)7-5-8-18(3)9-6-10-19(4)13-14-30-16-20(21(26)15-24)25-22(27)11-12-23(28)29/h7,9,13,20H,5-6,8,10-12,14-16,24H2,1-4H3,(H,25,27)(H,28,29)/b18-9+,19-13+/t20-/m0/s1. The van der Waals surface area contributed by atoms with E-state index in [4.69, 9.17) is 10.8 Å². The van der Waals surface area contributed by atoms with Gasteiger partial charge in [0.25, 0.3) is 0 Å². The smallest absolute Gasteiger partial charge is 0.303 e. The number of carbonyl (C=O) groups is 3. The molecule has 4 N–H and O–H groups in total. The Labute approximate surface area is 185 Å². The van der Waals surface area contributed by atoms with E-state index in [1.165, 1.54) is 16.7 Å². The van der Waals surface area contributed by atoms with Gasteiger partial charge in [0.1, 0.15) is 0 Å². The van der Waals surface area contributed by atoms with Crippen molar-refractivity contribution < 1.29 is 19.5 Å². The van der Waals surface area contributed by atoms with Gasteiger partial charge in [-0.05, 0) is 53.4 Å². The fourth-order valence-corrected chi connectivity index (χ4v) is 3.61. The van der Waals surface area contributed by atoms with Crippen molar-refractivity contribution >= 4 is 29.4 Å². The van der Waals surface area contributed by atoms with Crippen LogP contribution >= 0.6 is 11.8 Å². The Morgan fingerprint density at radius 1 is 0.933 bits per heavy atom. The van der Waals surface area contributed by atoms with Crippen LogP contribution in [0.4, 0.5) is 0 Å². The molecule has 1 amide bonds. The number of thioether (sulfide) groups is 1. The first kappa shape index (κ1) is 28.1. The van der Waals surface area contributed by atoms with Gasteiger partial charge in [-0.2, -0.15) is 11.8 Å². The summed E-state index contributed by atoms with van der Waals surface area (Å²) in [6.45, 7) is 8.36. The number of carboxylic acids is 1. The highest BCUT2D eigenvalue weighted by Crippen LogP contribution is 2.13. The zero-order chi connectivity index (χ0) is 22.9. The number of nitrogens with one attached hydrogen (secondary N) is 1. The molecule has 0 radical (unpaired) electrons. The number of ketones is 1. The van der Waals surface area contributed by atoms with Gasteiger partial charge in [-0.3, -0.25) is 14.4 Å². The lowest BCUT2D eigenvalue weighted by atomic mass is 10.1. The van der Waals surface area contributed by atoms with Gasteiger partial charge in [0, 0.05) is 17.9 Å². The number of aliphatic carboxylic acids is 1. The number of allylic oxidation sites excluding steroid dienone is 5. The zero-order valence-electron chi connectivity index (χ0n) is 18.8. The highest BCUT2D eigenvalue weighted by atomic mass is 32.2. The molecular formula is C23H38N2O4S. The molecule has 0 bridgehead atoms. The van der Waals surface area contributed by atoms with Crippen LogP contribution in [0.5, 0.6) is 0 Å². The second-order valence-electron chi connectivity index (χ2n) is 7.68. The number of hydrogen-bond acceptors (Lipinski definition) is 5. The predicted octanol–water partition coefficient (Wildman–Crippen LogP) is 4.02. The first-order valence-corrected chi connectivity index (χ1v) is 11.6. The molecule has 0 aromatic rings. The van der Waals surface area contributed by atoms with Crippen LogP contribution in [0.3, 0.4) is 0 Å². The van der Waals surface area contributed by atoms with E-state index in [9.17, 15) is 14.4 Å². The highest BCUT2D eigenvalue weighted by molar-refractivity contribution is 7.99. The maximum absolute atomic E-state index is 11.9. The Bertz CT molecular complexity index is 650. The van der Waals surface area contributed by atoms with Crippen molar-refractivity contribution in [3.05, 3.63) is 34.9 Å². The van der Waals surface area contributed by atoms with Crippen LogP contribution in [0.15, 0.2) is 34.9 Å². The zero-order valence-corrected chi connectivity index (χ0v) is 19.6. The summed E-state index contributed by atoms with van der Waals surface area (Å²) in [6, 6.07) is -0.679. The van der Waals surface area contributed by atoms with Gasteiger partial charge in [-0.15, -0.1) is 0 Å². The Morgan fingerprint density at radius 2 is 1.53 bits per heavy atom. The van der Waals surface area contributed by atoms with Gasteiger partial charge in [0.2, 0.25) is 5.91 Å². The molecule has 6 nitrogen and oxygen atoms in total. The molecule has 0 saturated heterocycles. The second-order valence-corrected chi connectivity index (χ2v) is 8.76. The fraction of sp³-hybridized carbons (Fsp3) is 0.609. The molecule has 1 atom stereocenters. The molecule has 0 spiro atoms. The summed E-state index contributed by atoms with van der Waals surface area (Å²) in [5, 5.41) is 11.2. The molecule has 0 rings (SSSR count). The quantitative estimate of drug-likeness (QED) is 0.248. The van der Waals surface area contributed by atoms with E-state index in [2.05, 4.69) is 51.2 Å². The summed E-state index contributed by atoms with van der Waals surface area (Å²) in [4.78, 5) is 34.3. The predicted molar refractivity (Wildman–Crippen MR) is 126 cm³/mol. The molecule has 0 aromatic heterocycles. The molecule has 0 fully saturated rings. The summed E-state index contributed by atoms with van der Waals surface area (Å²) in [6.07, 6.45) is 10.5. The van der Waals surface area contributed by atoms with E-state index >= 15 is 0 Å². The van der Waals surface area contributed by atoms with Gasteiger partial charge in [-0.1, -0.05) is 34.9 Å². The molecule has 0 aliphatic rings. The van der Waals surface area contributed by atoms with Gasteiger partial charge in [-0.25, -0.2) is 0 Å². The van der Waals surface area contributed by atoms with Crippen molar-refractivity contribution in [1.82, 2.24) is 5.32 Å². The maximum Gasteiger partial charge on any atom is 0.303 e. The van der Waals surface area contributed by atoms with Gasteiger partial charge in [0.15, 0.2) is 5.78 Å². The number of carboxylic acid groups (broad SMARTS) is 1. The Balaban J connectivity index is 4.32. The summed E-state index contributed by atoms with van der Waals surface area (Å²) in [5.41, 5.74) is 9.49. The molecule has 0 unspecified atom stereocenters. The average Bonchev–Trinajstić information content (AvgIpc) is 2.67. The molecule has 0 aliphatic heterocycles. The number of Topliss-reactive ketones (excluding diaryl/α,β-unsaturated/α-hetero) is 1. The van der Waals surface area contributed by atoms with E-state index in [1.807, 2.05) is 0 Å². The Kier molecular flexibility index (Phi) is 15.8. The minimum atomic E-state index is -1.04. The van der Waals surface area contributed by atoms with Crippen LogP contribution in [-0.4, -0.2) is 46.9 Å². The molecule has 0 heterocycles. The molecule has 0 saturated carbocycles. The van der Waals surface area contributed by atoms with E-state index in [1.54, 1.807) is 11.8 Å². The number of hydrogen-bond donors (Lipinski definition) is 3. The normalized spacial score (nSPS) is 13.0. The third kappa shape index (κ3) is 16.0. The molecule has 170 valence electrons. The third-order valence-corrected chi connectivity index (χ3v) is 5.42. The third-order valence-electron chi connectivity index (χ3n) is 4.45. The largest absolute Gasteiger partial charge is 0.481 e. The van der Waals surface area contributed by atoms with Crippen LogP contribution in [0.2, 0.25) is 0 Å². The summed E-state index contributed by atoms with van der Waals surface area (Å²) < 4.78 is 0. The summed E-state index contributed by atoms with van der Waals surface area (Å²) in [5.74, 6) is -0.570. The van der Waals surface area contributed by atoms with Crippen LogP contribution in [0.25, 0.3) is 0 Å². The molecule has 0 aliphatic carbocycles.